The molecule has 0 saturated carbocycles. The van der Waals surface area contributed by atoms with Gasteiger partial charge in [-0.25, -0.2) is 12.8 Å². The first-order valence-corrected chi connectivity index (χ1v) is 9.10. The Morgan fingerprint density at radius 3 is 2.17 bits per heavy atom. The number of rotatable bonds is 4. The number of alkyl halides is 3. The smallest absolute Gasteiger partial charge is 0.502 e. The maximum absolute atomic E-state index is 14.3. The third kappa shape index (κ3) is 4.37. The van der Waals surface area contributed by atoms with Gasteiger partial charge in [0.15, 0.2) is 0 Å². The van der Waals surface area contributed by atoms with E-state index >= 15 is 0 Å². The van der Waals surface area contributed by atoms with E-state index in [4.69, 9.17) is 0 Å². The molecule has 1 unspecified atom stereocenters. The van der Waals surface area contributed by atoms with E-state index in [0.29, 0.717) is 6.07 Å². The van der Waals surface area contributed by atoms with Crippen LogP contribution in [-0.4, -0.2) is 23.2 Å². The standard InChI is InChI=1S/C13H17F4NO3S2/c1-8(18-22(19)12(2,3)4)9-6-5-7-10(11(9)14)23(20,21)13(15,16)17/h5-8,18H,1-4H3/t8-,22?/m1/s1. The topological polar surface area (TPSA) is 69.2 Å². The third-order valence-corrected chi connectivity index (χ3v) is 6.08. The van der Waals surface area contributed by atoms with Crippen LogP contribution >= 0.6 is 0 Å². The highest BCUT2D eigenvalue weighted by atomic mass is 32.2. The van der Waals surface area contributed by atoms with E-state index in [1.165, 1.54) is 6.92 Å². The summed E-state index contributed by atoms with van der Waals surface area (Å²) < 4.78 is 88.6. The predicted molar refractivity (Wildman–Crippen MR) is 79.1 cm³/mol. The molecule has 0 amide bonds. The molecule has 0 aromatic heterocycles. The average molecular weight is 375 g/mol. The van der Waals surface area contributed by atoms with E-state index in [2.05, 4.69) is 4.72 Å². The van der Waals surface area contributed by atoms with Crippen molar-refractivity contribution < 1.29 is 30.5 Å². The minimum atomic E-state index is -5.80. The highest BCUT2D eigenvalue weighted by Crippen LogP contribution is 2.34. The Bertz CT molecular complexity index is 669. The number of benzene rings is 1. The molecule has 0 heterocycles. The highest BCUT2D eigenvalue weighted by Gasteiger charge is 2.48. The molecule has 4 nitrogen and oxygen atoms in total. The summed E-state index contributed by atoms with van der Waals surface area (Å²) >= 11 is -1.61. The van der Waals surface area contributed by atoms with Crippen LogP contribution in [0.25, 0.3) is 0 Å². The quantitative estimate of drug-likeness (QED) is 0.648. The minimum Gasteiger partial charge on any atom is -0.598 e. The second-order valence-electron chi connectivity index (χ2n) is 5.83. The molecule has 0 bridgehead atoms. The van der Waals surface area contributed by atoms with Gasteiger partial charge in [0, 0.05) is 16.9 Å². The summed E-state index contributed by atoms with van der Waals surface area (Å²) in [6, 6.07) is 1.76. The number of nitrogens with one attached hydrogen (secondary N) is 1. The number of hydrogen-bond donors (Lipinski definition) is 1. The molecule has 0 aliphatic rings. The van der Waals surface area contributed by atoms with Crippen LogP contribution in [0.4, 0.5) is 17.6 Å². The lowest BCUT2D eigenvalue weighted by atomic mass is 10.1. The fourth-order valence-electron chi connectivity index (χ4n) is 1.60. The molecule has 0 saturated heterocycles. The van der Waals surface area contributed by atoms with Crippen LogP contribution in [0.15, 0.2) is 23.1 Å². The Morgan fingerprint density at radius 2 is 1.74 bits per heavy atom. The van der Waals surface area contributed by atoms with Gasteiger partial charge in [0.1, 0.15) is 15.5 Å². The predicted octanol–water partition coefficient (Wildman–Crippen LogP) is 3.23. The molecule has 0 aliphatic heterocycles. The second kappa shape index (κ2) is 6.58. The summed E-state index contributed by atoms with van der Waals surface area (Å²) in [4.78, 5) is -1.45. The third-order valence-electron chi connectivity index (χ3n) is 2.89. The van der Waals surface area contributed by atoms with Gasteiger partial charge in [0.25, 0.3) is 9.84 Å². The zero-order valence-electron chi connectivity index (χ0n) is 12.9. The van der Waals surface area contributed by atoms with Gasteiger partial charge in [0.2, 0.25) is 0 Å². The molecule has 1 aromatic rings. The molecular weight excluding hydrogens is 358 g/mol. The molecule has 0 radical (unpaired) electrons. The van der Waals surface area contributed by atoms with Crippen molar-refractivity contribution in [1.29, 1.82) is 0 Å². The van der Waals surface area contributed by atoms with E-state index in [1.807, 2.05) is 0 Å². The monoisotopic (exact) mass is 375 g/mol. The van der Waals surface area contributed by atoms with Crippen molar-refractivity contribution in [2.24, 2.45) is 0 Å². The summed E-state index contributed by atoms with van der Waals surface area (Å²) in [7, 11) is -5.80. The zero-order chi connectivity index (χ0) is 18.2. The maximum atomic E-state index is 14.3. The average Bonchev–Trinajstić information content (AvgIpc) is 2.35. The molecule has 1 aromatic carbocycles. The Hall–Kier alpha value is -0.840. The van der Waals surface area contributed by atoms with E-state index in [-0.39, 0.29) is 5.56 Å². The van der Waals surface area contributed by atoms with Crippen molar-refractivity contribution in [3.8, 4) is 0 Å². The number of sulfone groups is 1. The number of halogens is 4. The van der Waals surface area contributed by atoms with Crippen molar-refractivity contribution in [2.45, 2.75) is 48.9 Å². The first-order valence-electron chi connectivity index (χ1n) is 6.47. The summed E-state index contributed by atoms with van der Waals surface area (Å²) in [5.74, 6) is -1.50. The molecule has 0 spiro atoms. The van der Waals surface area contributed by atoms with Gasteiger partial charge in [-0.3, -0.25) is 0 Å². The lowest BCUT2D eigenvalue weighted by molar-refractivity contribution is -0.0437. The summed E-state index contributed by atoms with van der Waals surface area (Å²) in [6.45, 7) is 6.35. The van der Waals surface area contributed by atoms with Gasteiger partial charge < -0.3 is 4.55 Å². The van der Waals surface area contributed by atoms with Crippen molar-refractivity contribution >= 4 is 21.2 Å². The summed E-state index contributed by atoms with van der Waals surface area (Å²) in [5.41, 5.74) is -5.91. The molecule has 1 rings (SSSR count). The summed E-state index contributed by atoms with van der Waals surface area (Å²) in [5, 5.41) is 0. The molecule has 2 atom stereocenters. The van der Waals surface area contributed by atoms with Gasteiger partial charge in [0.05, 0.1) is 6.04 Å². The van der Waals surface area contributed by atoms with Gasteiger partial charge in [-0.2, -0.15) is 13.2 Å². The van der Waals surface area contributed by atoms with Gasteiger partial charge in [-0.1, -0.05) is 12.1 Å². The first kappa shape index (κ1) is 20.2. The lowest BCUT2D eigenvalue weighted by Crippen LogP contribution is -2.40. The van der Waals surface area contributed by atoms with E-state index in [1.54, 1.807) is 20.8 Å². The van der Waals surface area contributed by atoms with E-state index < -0.39 is 48.2 Å². The Kier molecular flexibility index (Phi) is 5.78. The molecule has 0 aliphatic carbocycles. The molecule has 132 valence electrons. The maximum Gasteiger partial charge on any atom is 0.502 e. The Labute approximate surface area is 135 Å². The van der Waals surface area contributed by atoms with Gasteiger partial charge in [-0.15, -0.1) is 4.72 Å². The van der Waals surface area contributed by atoms with Crippen molar-refractivity contribution in [1.82, 2.24) is 4.72 Å². The highest BCUT2D eigenvalue weighted by molar-refractivity contribution is 7.92. The van der Waals surface area contributed by atoms with Crippen LogP contribution in [0.2, 0.25) is 0 Å². The SMILES string of the molecule is C[C@@H](N[S+]([O-])C(C)(C)C)c1cccc(S(=O)(=O)C(F)(F)F)c1F. The lowest BCUT2D eigenvalue weighted by Gasteiger charge is -2.27. The fourth-order valence-corrected chi connectivity index (χ4v) is 3.26. The van der Waals surface area contributed by atoms with E-state index in [0.717, 1.165) is 12.1 Å². The number of hydrogen-bond acceptors (Lipinski definition) is 4. The van der Waals surface area contributed by atoms with Crippen LogP contribution in [0, 0.1) is 5.82 Å². The van der Waals surface area contributed by atoms with Gasteiger partial charge in [-0.05, 0) is 33.8 Å². The van der Waals surface area contributed by atoms with Gasteiger partial charge >= 0.3 is 5.51 Å². The zero-order valence-corrected chi connectivity index (χ0v) is 14.5. The van der Waals surface area contributed by atoms with Crippen LogP contribution in [0.1, 0.15) is 39.3 Å². The molecule has 10 heteroatoms. The minimum absolute atomic E-state index is 0.312. The van der Waals surface area contributed by atoms with Crippen molar-refractivity contribution in [3.63, 3.8) is 0 Å². The van der Waals surface area contributed by atoms with Crippen LogP contribution in [-0.2, 0) is 21.2 Å². The molecule has 23 heavy (non-hydrogen) atoms. The van der Waals surface area contributed by atoms with E-state index in [9.17, 15) is 30.5 Å². The first-order chi connectivity index (χ1) is 10.2. The second-order valence-corrected chi connectivity index (χ2v) is 9.74. The largest absolute Gasteiger partial charge is 0.598 e. The Balaban J connectivity index is 3.25. The fraction of sp³-hybridized carbons (Fsp3) is 0.538. The van der Waals surface area contributed by atoms with Crippen molar-refractivity contribution in [2.75, 3.05) is 0 Å². The Morgan fingerprint density at radius 1 is 1.22 bits per heavy atom. The van der Waals surface area contributed by atoms with Crippen molar-refractivity contribution in [3.05, 3.63) is 29.6 Å². The summed E-state index contributed by atoms with van der Waals surface area (Å²) in [6.07, 6.45) is 0. The van der Waals surface area contributed by atoms with Crippen LogP contribution < -0.4 is 4.72 Å². The molecule has 0 fully saturated rings. The van der Waals surface area contributed by atoms with Crippen LogP contribution in [0.5, 0.6) is 0 Å². The van der Waals surface area contributed by atoms with Crippen LogP contribution in [0.3, 0.4) is 0 Å². The normalized spacial score (nSPS) is 16.2. The molecular formula is C13H17F4NO3S2. The molecule has 1 N–H and O–H groups in total.